The Hall–Kier alpha value is -0.840. The van der Waals surface area contributed by atoms with Crippen LogP contribution in [0.2, 0.25) is 0 Å². The van der Waals surface area contributed by atoms with Crippen LogP contribution in [0.5, 0.6) is 0 Å². The molecule has 0 atom stereocenters. The third-order valence-electron chi connectivity index (χ3n) is 4.46. The molecule has 1 fully saturated rings. The van der Waals surface area contributed by atoms with Crippen molar-refractivity contribution in [3.05, 3.63) is 24.2 Å². The normalized spacial score (nSPS) is 16.0. The van der Waals surface area contributed by atoms with Crippen LogP contribution >= 0.6 is 24.0 Å². The standard InChI is InChI=1S/C19H34N4O3.HI/c1-19(2,24-3)16-22-18(21-9-7-17-6-4-13-26-17)20-8-5-10-23-11-14-25-15-12-23;/h4,6,13H,5,7-12,14-16H2,1-3H3,(H2,20,21,22);1H. The summed E-state index contributed by atoms with van der Waals surface area (Å²) < 4.78 is 16.2. The van der Waals surface area contributed by atoms with E-state index in [1.807, 2.05) is 26.0 Å². The van der Waals surface area contributed by atoms with Crippen LogP contribution in [-0.2, 0) is 15.9 Å². The van der Waals surface area contributed by atoms with E-state index in [0.717, 1.165) is 70.5 Å². The van der Waals surface area contributed by atoms with Gasteiger partial charge in [-0.05, 0) is 38.9 Å². The van der Waals surface area contributed by atoms with E-state index in [1.165, 1.54) is 0 Å². The van der Waals surface area contributed by atoms with Gasteiger partial charge in [0.2, 0.25) is 0 Å². The molecule has 2 heterocycles. The Labute approximate surface area is 180 Å². The molecular formula is C19H35IN4O3. The molecule has 1 aliphatic rings. The highest BCUT2D eigenvalue weighted by atomic mass is 127. The van der Waals surface area contributed by atoms with E-state index < -0.39 is 0 Å². The molecule has 8 heteroatoms. The fourth-order valence-electron chi connectivity index (χ4n) is 2.60. The van der Waals surface area contributed by atoms with Gasteiger partial charge in [-0.2, -0.15) is 0 Å². The van der Waals surface area contributed by atoms with Gasteiger partial charge in [0.05, 0.1) is 31.6 Å². The minimum Gasteiger partial charge on any atom is -0.469 e. The van der Waals surface area contributed by atoms with Crippen LogP contribution in [-0.4, -0.2) is 76.1 Å². The molecule has 1 aromatic rings. The average Bonchev–Trinajstić information content (AvgIpc) is 3.17. The Balaban J connectivity index is 0.00000364. The van der Waals surface area contributed by atoms with E-state index in [0.29, 0.717) is 6.54 Å². The molecule has 0 unspecified atom stereocenters. The van der Waals surface area contributed by atoms with Crippen molar-refractivity contribution in [3.8, 4) is 0 Å². The number of halogens is 1. The SMILES string of the molecule is COC(C)(C)CN=C(NCCCN1CCOCC1)NCCc1ccco1.I. The van der Waals surface area contributed by atoms with Crippen molar-refractivity contribution >= 4 is 29.9 Å². The lowest BCUT2D eigenvalue weighted by atomic mass is 10.1. The Morgan fingerprint density at radius 1 is 1.26 bits per heavy atom. The Morgan fingerprint density at radius 3 is 2.67 bits per heavy atom. The van der Waals surface area contributed by atoms with Gasteiger partial charge in [0.25, 0.3) is 0 Å². The van der Waals surface area contributed by atoms with Gasteiger partial charge in [-0.25, -0.2) is 0 Å². The summed E-state index contributed by atoms with van der Waals surface area (Å²) in [6.07, 6.45) is 3.61. The van der Waals surface area contributed by atoms with Crippen LogP contribution in [0.1, 0.15) is 26.0 Å². The molecule has 27 heavy (non-hydrogen) atoms. The highest BCUT2D eigenvalue weighted by Gasteiger charge is 2.16. The molecule has 156 valence electrons. The first-order chi connectivity index (χ1) is 12.6. The number of hydrogen-bond acceptors (Lipinski definition) is 5. The number of morpholine rings is 1. The first-order valence-corrected chi connectivity index (χ1v) is 9.49. The lowest BCUT2D eigenvalue weighted by Crippen LogP contribution is -2.42. The van der Waals surface area contributed by atoms with E-state index in [4.69, 9.17) is 13.9 Å². The number of nitrogens with one attached hydrogen (secondary N) is 2. The minimum absolute atomic E-state index is 0. The van der Waals surface area contributed by atoms with Crippen molar-refractivity contribution in [3.63, 3.8) is 0 Å². The Morgan fingerprint density at radius 2 is 2.00 bits per heavy atom. The summed E-state index contributed by atoms with van der Waals surface area (Å²) in [4.78, 5) is 7.12. The maximum atomic E-state index is 5.46. The zero-order valence-corrected chi connectivity index (χ0v) is 19.2. The minimum atomic E-state index is -0.274. The lowest BCUT2D eigenvalue weighted by Gasteiger charge is -2.26. The van der Waals surface area contributed by atoms with E-state index in [1.54, 1.807) is 13.4 Å². The predicted octanol–water partition coefficient (Wildman–Crippen LogP) is 2.12. The summed E-state index contributed by atoms with van der Waals surface area (Å²) in [5.74, 6) is 1.80. The predicted molar refractivity (Wildman–Crippen MR) is 119 cm³/mol. The molecule has 0 radical (unpaired) electrons. The van der Waals surface area contributed by atoms with Crippen molar-refractivity contribution in [1.82, 2.24) is 15.5 Å². The van der Waals surface area contributed by atoms with Gasteiger partial charge in [-0.3, -0.25) is 9.89 Å². The van der Waals surface area contributed by atoms with Gasteiger partial charge in [0.1, 0.15) is 5.76 Å². The molecule has 0 bridgehead atoms. The molecule has 2 rings (SSSR count). The monoisotopic (exact) mass is 494 g/mol. The summed E-state index contributed by atoms with van der Waals surface area (Å²) in [5, 5.41) is 6.81. The molecule has 7 nitrogen and oxygen atoms in total. The molecule has 0 spiro atoms. The number of guanidine groups is 1. The highest BCUT2D eigenvalue weighted by Crippen LogP contribution is 2.07. The lowest BCUT2D eigenvalue weighted by molar-refractivity contribution is 0.0310. The zero-order chi connectivity index (χ0) is 18.7. The van der Waals surface area contributed by atoms with Crippen LogP contribution < -0.4 is 10.6 Å². The number of furan rings is 1. The molecule has 1 saturated heterocycles. The van der Waals surface area contributed by atoms with Crippen molar-refractivity contribution in [2.24, 2.45) is 4.99 Å². The number of ether oxygens (including phenoxy) is 2. The number of hydrogen-bond donors (Lipinski definition) is 2. The molecule has 1 aliphatic heterocycles. The van der Waals surface area contributed by atoms with Gasteiger partial charge in [0, 0.05) is 39.7 Å². The maximum Gasteiger partial charge on any atom is 0.191 e. The quantitative estimate of drug-likeness (QED) is 0.225. The topological polar surface area (TPSA) is 71.3 Å². The second kappa shape index (κ2) is 13.4. The number of aliphatic imine (C=N–C) groups is 1. The summed E-state index contributed by atoms with van der Waals surface area (Å²) in [5.41, 5.74) is -0.274. The first-order valence-electron chi connectivity index (χ1n) is 9.49. The molecular weight excluding hydrogens is 459 g/mol. The number of nitrogens with zero attached hydrogens (tertiary/aromatic N) is 2. The molecule has 1 aromatic heterocycles. The van der Waals surface area contributed by atoms with Crippen molar-refractivity contribution in [2.45, 2.75) is 32.3 Å². The van der Waals surface area contributed by atoms with Crippen LogP contribution in [0, 0.1) is 0 Å². The van der Waals surface area contributed by atoms with Gasteiger partial charge < -0.3 is 24.5 Å². The molecule has 0 amide bonds. The van der Waals surface area contributed by atoms with E-state index in [9.17, 15) is 0 Å². The summed E-state index contributed by atoms with van der Waals surface area (Å²) in [7, 11) is 1.72. The van der Waals surface area contributed by atoms with Crippen molar-refractivity contribution < 1.29 is 13.9 Å². The summed E-state index contributed by atoms with van der Waals surface area (Å²) in [6, 6.07) is 3.90. The van der Waals surface area contributed by atoms with E-state index >= 15 is 0 Å². The Kier molecular flexibility index (Phi) is 12.0. The first kappa shape index (κ1) is 24.2. The van der Waals surface area contributed by atoms with Crippen molar-refractivity contribution in [2.75, 3.05) is 59.6 Å². The smallest absolute Gasteiger partial charge is 0.191 e. The summed E-state index contributed by atoms with van der Waals surface area (Å²) >= 11 is 0. The second-order valence-corrected chi connectivity index (χ2v) is 7.12. The van der Waals surface area contributed by atoms with Gasteiger partial charge >= 0.3 is 0 Å². The van der Waals surface area contributed by atoms with Gasteiger partial charge in [0.15, 0.2) is 5.96 Å². The average molecular weight is 494 g/mol. The maximum absolute atomic E-state index is 5.46. The fraction of sp³-hybridized carbons (Fsp3) is 0.737. The summed E-state index contributed by atoms with van der Waals surface area (Å²) in [6.45, 7) is 11.2. The van der Waals surface area contributed by atoms with E-state index in [-0.39, 0.29) is 29.6 Å². The molecule has 2 N–H and O–H groups in total. The van der Waals surface area contributed by atoms with Crippen LogP contribution in [0.3, 0.4) is 0 Å². The zero-order valence-electron chi connectivity index (χ0n) is 16.8. The molecule has 0 saturated carbocycles. The van der Waals surface area contributed by atoms with Crippen LogP contribution in [0.25, 0.3) is 0 Å². The third kappa shape index (κ3) is 10.3. The van der Waals surface area contributed by atoms with Gasteiger partial charge in [-0.1, -0.05) is 0 Å². The fourth-order valence-corrected chi connectivity index (χ4v) is 2.60. The van der Waals surface area contributed by atoms with Gasteiger partial charge in [-0.15, -0.1) is 24.0 Å². The second-order valence-electron chi connectivity index (χ2n) is 7.12. The molecule has 0 aliphatic carbocycles. The van der Waals surface area contributed by atoms with Crippen molar-refractivity contribution in [1.29, 1.82) is 0 Å². The third-order valence-corrected chi connectivity index (χ3v) is 4.46. The van der Waals surface area contributed by atoms with Crippen LogP contribution in [0.4, 0.5) is 0 Å². The number of rotatable bonds is 10. The Bertz CT molecular complexity index is 517. The van der Waals surface area contributed by atoms with E-state index in [2.05, 4.69) is 20.5 Å². The molecule has 0 aromatic carbocycles. The largest absolute Gasteiger partial charge is 0.469 e. The van der Waals surface area contributed by atoms with Crippen LogP contribution in [0.15, 0.2) is 27.8 Å². The highest BCUT2D eigenvalue weighted by molar-refractivity contribution is 14.0. The number of methoxy groups -OCH3 is 1.